The predicted molar refractivity (Wildman–Crippen MR) is 82.9 cm³/mol. The van der Waals surface area contributed by atoms with Crippen molar-refractivity contribution in [3.63, 3.8) is 0 Å². The van der Waals surface area contributed by atoms with Crippen molar-refractivity contribution < 1.29 is 8.42 Å². The first-order valence-corrected chi connectivity index (χ1v) is 8.65. The molecule has 5 heteroatoms. The third kappa shape index (κ3) is 4.89. The van der Waals surface area contributed by atoms with Gasteiger partial charge < -0.3 is 5.73 Å². The maximum atomic E-state index is 12.3. The number of nitrogens with one attached hydrogen (secondary N) is 1. The van der Waals surface area contributed by atoms with Crippen molar-refractivity contribution in [1.29, 1.82) is 0 Å². The third-order valence-electron chi connectivity index (χ3n) is 3.41. The van der Waals surface area contributed by atoms with Crippen molar-refractivity contribution in [3.8, 4) is 0 Å². The van der Waals surface area contributed by atoms with Crippen LogP contribution in [0.5, 0.6) is 0 Å². The van der Waals surface area contributed by atoms with E-state index in [0.29, 0.717) is 23.9 Å². The molecule has 0 radical (unpaired) electrons. The second-order valence-corrected chi connectivity index (χ2v) is 7.27. The second kappa shape index (κ2) is 7.76. The van der Waals surface area contributed by atoms with Gasteiger partial charge in [0.25, 0.3) is 0 Å². The summed E-state index contributed by atoms with van der Waals surface area (Å²) in [6.07, 6.45) is 3.04. The van der Waals surface area contributed by atoms with E-state index in [1.165, 1.54) is 0 Å². The fourth-order valence-electron chi connectivity index (χ4n) is 2.13. The first-order chi connectivity index (χ1) is 9.38. The maximum absolute atomic E-state index is 12.3. The van der Waals surface area contributed by atoms with Gasteiger partial charge in [0.2, 0.25) is 10.0 Å². The lowest BCUT2D eigenvalue weighted by Gasteiger charge is -2.12. The zero-order valence-electron chi connectivity index (χ0n) is 12.6. The minimum absolute atomic E-state index is 0.337. The number of benzene rings is 1. The summed E-state index contributed by atoms with van der Waals surface area (Å²) in [5.74, 6) is 0.662. The molecule has 114 valence electrons. The van der Waals surface area contributed by atoms with E-state index in [9.17, 15) is 8.42 Å². The van der Waals surface area contributed by atoms with Gasteiger partial charge in [-0.05, 0) is 36.5 Å². The molecule has 0 aliphatic carbocycles. The van der Waals surface area contributed by atoms with Crippen LogP contribution in [-0.2, 0) is 16.6 Å². The van der Waals surface area contributed by atoms with Crippen LogP contribution in [0.25, 0.3) is 0 Å². The van der Waals surface area contributed by atoms with E-state index in [2.05, 4.69) is 18.6 Å². The van der Waals surface area contributed by atoms with Crippen LogP contribution in [0.3, 0.4) is 0 Å². The Balaban J connectivity index is 2.65. The van der Waals surface area contributed by atoms with E-state index >= 15 is 0 Å². The van der Waals surface area contributed by atoms with Crippen LogP contribution in [0.15, 0.2) is 23.1 Å². The van der Waals surface area contributed by atoms with Crippen LogP contribution >= 0.6 is 0 Å². The molecule has 0 amide bonds. The SMILES string of the molecule is Cc1c(CN)cccc1S(=O)(=O)NCCCCC(C)C. The Bertz CT molecular complexity index is 525. The topological polar surface area (TPSA) is 72.2 Å². The first-order valence-electron chi connectivity index (χ1n) is 7.16. The van der Waals surface area contributed by atoms with Crippen LogP contribution < -0.4 is 10.5 Å². The molecule has 0 unspecified atom stereocenters. The summed E-state index contributed by atoms with van der Waals surface area (Å²) in [6, 6.07) is 5.23. The van der Waals surface area contributed by atoms with Gasteiger partial charge in [-0.1, -0.05) is 38.8 Å². The van der Waals surface area contributed by atoms with Crippen LogP contribution in [0, 0.1) is 12.8 Å². The lowest BCUT2D eigenvalue weighted by molar-refractivity contribution is 0.530. The summed E-state index contributed by atoms with van der Waals surface area (Å²) in [5.41, 5.74) is 7.22. The normalized spacial score (nSPS) is 12.1. The fraction of sp³-hybridized carbons (Fsp3) is 0.600. The van der Waals surface area contributed by atoms with Crippen LogP contribution in [0.1, 0.15) is 44.2 Å². The van der Waals surface area contributed by atoms with Crippen molar-refractivity contribution >= 4 is 10.0 Å². The van der Waals surface area contributed by atoms with Gasteiger partial charge in [0.1, 0.15) is 0 Å². The van der Waals surface area contributed by atoms with Gasteiger partial charge in [0, 0.05) is 13.1 Å². The molecule has 0 saturated carbocycles. The van der Waals surface area contributed by atoms with E-state index in [4.69, 9.17) is 5.73 Å². The molecule has 20 heavy (non-hydrogen) atoms. The number of hydrogen-bond donors (Lipinski definition) is 2. The van der Waals surface area contributed by atoms with E-state index in [0.717, 1.165) is 30.4 Å². The summed E-state index contributed by atoms with van der Waals surface area (Å²) in [4.78, 5) is 0.337. The van der Waals surface area contributed by atoms with Crippen molar-refractivity contribution in [1.82, 2.24) is 4.72 Å². The molecule has 0 aromatic heterocycles. The molecule has 0 saturated heterocycles. The number of sulfonamides is 1. The summed E-state index contributed by atoms with van der Waals surface area (Å²) < 4.78 is 27.2. The van der Waals surface area contributed by atoms with Gasteiger partial charge in [0.05, 0.1) is 4.90 Å². The van der Waals surface area contributed by atoms with E-state index in [1.54, 1.807) is 19.1 Å². The quantitative estimate of drug-likeness (QED) is 0.724. The Morgan fingerprint density at radius 3 is 2.55 bits per heavy atom. The van der Waals surface area contributed by atoms with Crippen molar-refractivity contribution in [2.45, 2.75) is 51.5 Å². The molecule has 1 rings (SSSR count). The summed E-state index contributed by atoms with van der Waals surface area (Å²) in [7, 11) is -3.43. The van der Waals surface area contributed by atoms with Gasteiger partial charge in [-0.25, -0.2) is 13.1 Å². The molecule has 0 aliphatic rings. The number of unbranched alkanes of at least 4 members (excludes halogenated alkanes) is 1. The number of rotatable bonds is 8. The van der Waals surface area contributed by atoms with Gasteiger partial charge >= 0.3 is 0 Å². The van der Waals surface area contributed by atoms with Gasteiger partial charge in [-0.3, -0.25) is 0 Å². The van der Waals surface area contributed by atoms with E-state index < -0.39 is 10.0 Å². The second-order valence-electron chi connectivity index (χ2n) is 5.53. The van der Waals surface area contributed by atoms with Gasteiger partial charge in [0.15, 0.2) is 0 Å². The molecule has 0 heterocycles. The largest absolute Gasteiger partial charge is 0.326 e. The molecular weight excluding hydrogens is 272 g/mol. The molecule has 0 aliphatic heterocycles. The first kappa shape index (κ1) is 17.1. The summed E-state index contributed by atoms with van der Waals surface area (Å²) >= 11 is 0. The lowest BCUT2D eigenvalue weighted by Crippen LogP contribution is -2.26. The summed E-state index contributed by atoms with van der Waals surface area (Å²) in [6.45, 7) is 6.98. The molecule has 4 nitrogen and oxygen atoms in total. The molecule has 0 fully saturated rings. The van der Waals surface area contributed by atoms with Gasteiger partial charge in [-0.2, -0.15) is 0 Å². The Morgan fingerprint density at radius 2 is 1.95 bits per heavy atom. The Kier molecular flexibility index (Phi) is 6.65. The average molecular weight is 298 g/mol. The van der Waals surface area contributed by atoms with Gasteiger partial charge in [-0.15, -0.1) is 0 Å². The Labute approximate surface area is 122 Å². The molecule has 0 atom stereocenters. The number of hydrogen-bond acceptors (Lipinski definition) is 3. The van der Waals surface area contributed by atoms with E-state index in [-0.39, 0.29) is 0 Å². The zero-order valence-corrected chi connectivity index (χ0v) is 13.5. The highest BCUT2D eigenvalue weighted by Gasteiger charge is 2.17. The molecule has 0 spiro atoms. The zero-order chi connectivity index (χ0) is 15.2. The molecule has 1 aromatic rings. The predicted octanol–water partition coefficient (Wildman–Crippen LogP) is 2.56. The Morgan fingerprint density at radius 1 is 1.25 bits per heavy atom. The highest BCUT2D eigenvalue weighted by atomic mass is 32.2. The highest BCUT2D eigenvalue weighted by Crippen LogP contribution is 2.18. The molecule has 1 aromatic carbocycles. The van der Waals surface area contributed by atoms with Crippen LogP contribution in [0.2, 0.25) is 0 Å². The monoisotopic (exact) mass is 298 g/mol. The van der Waals surface area contributed by atoms with Crippen molar-refractivity contribution in [3.05, 3.63) is 29.3 Å². The highest BCUT2D eigenvalue weighted by molar-refractivity contribution is 7.89. The van der Waals surface area contributed by atoms with Crippen molar-refractivity contribution in [2.75, 3.05) is 6.54 Å². The minimum Gasteiger partial charge on any atom is -0.326 e. The van der Waals surface area contributed by atoms with Crippen LogP contribution in [0.4, 0.5) is 0 Å². The third-order valence-corrected chi connectivity index (χ3v) is 5.01. The molecular formula is C15H26N2O2S. The molecule has 3 N–H and O–H groups in total. The standard InChI is InChI=1S/C15H26N2O2S/c1-12(2)7-4-5-10-17-20(18,19)15-9-6-8-14(11-16)13(15)3/h6,8-9,12,17H,4-5,7,10-11,16H2,1-3H3. The average Bonchev–Trinajstić information content (AvgIpc) is 2.38. The van der Waals surface area contributed by atoms with Crippen molar-refractivity contribution in [2.24, 2.45) is 11.7 Å². The smallest absolute Gasteiger partial charge is 0.240 e. The van der Waals surface area contributed by atoms with Crippen LogP contribution in [-0.4, -0.2) is 15.0 Å². The van der Waals surface area contributed by atoms with E-state index in [1.807, 2.05) is 6.07 Å². The Hall–Kier alpha value is -0.910. The summed E-state index contributed by atoms with van der Waals surface area (Å²) in [5, 5.41) is 0. The number of nitrogens with two attached hydrogens (primary N) is 1. The fourth-order valence-corrected chi connectivity index (χ4v) is 3.49. The lowest BCUT2D eigenvalue weighted by atomic mass is 10.1. The molecule has 0 bridgehead atoms. The minimum atomic E-state index is -3.43. The maximum Gasteiger partial charge on any atom is 0.240 e.